The maximum Gasteiger partial charge on any atom is 0.410 e. The number of ether oxygens (including phenoxy) is 3. The molecule has 22 heavy (non-hydrogen) atoms. The van der Waals surface area contributed by atoms with E-state index in [2.05, 4.69) is 0 Å². The van der Waals surface area contributed by atoms with Crippen LogP contribution in [0.1, 0.15) is 23.6 Å². The van der Waals surface area contributed by atoms with Crippen LogP contribution in [-0.2, 0) is 20.7 Å². The number of carbonyl (C=O) groups is 2. The summed E-state index contributed by atoms with van der Waals surface area (Å²) < 4.78 is 15.0. The summed E-state index contributed by atoms with van der Waals surface area (Å²) >= 11 is 0. The first-order valence-corrected chi connectivity index (χ1v) is 7.21. The first-order valence-electron chi connectivity index (χ1n) is 7.21. The summed E-state index contributed by atoms with van der Waals surface area (Å²) in [6.07, 6.45) is 0.910. The molecule has 3 rings (SSSR count). The predicted molar refractivity (Wildman–Crippen MR) is 77.6 cm³/mol. The van der Waals surface area contributed by atoms with E-state index in [0.717, 1.165) is 23.3 Å². The summed E-state index contributed by atoms with van der Waals surface area (Å²) in [6.45, 7) is 0. The third-order valence-electron chi connectivity index (χ3n) is 4.62. The van der Waals surface area contributed by atoms with Crippen LogP contribution in [0.15, 0.2) is 18.2 Å². The number of likely N-dealkylation sites (tertiary alicyclic amines) is 1. The Balaban J connectivity index is 1.99. The highest BCUT2D eigenvalue weighted by Gasteiger charge is 2.52. The zero-order valence-corrected chi connectivity index (χ0v) is 12.9. The number of esters is 1. The van der Waals surface area contributed by atoms with Crippen molar-refractivity contribution in [3.8, 4) is 5.75 Å². The first kappa shape index (κ1) is 14.7. The molecule has 1 fully saturated rings. The van der Waals surface area contributed by atoms with Crippen LogP contribution in [0, 0.1) is 5.92 Å². The lowest BCUT2D eigenvalue weighted by atomic mass is 10.00. The van der Waals surface area contributed by atoms with Gasteiger partial charge in [-0.2, -0.15) is 0 Å². The molecule has 1 aromatic carbocycles. The van der Waals surface area contributed by atoms with Crippen molar-refractivity contribution in [2.45, 2.75) is 24.9 Å². The van der Waals surface area contributed by atoms with Crippen molar-refractivity contribution >= 4 is 12.1 Å². The van der Waals surface area contributed by atoms with Gasteiger partial charge in [0.25, 0.3) is 0 Å². The summed E-state index contributed by atoms with van der Waals surface area (Å²) in [5.74, 6) is 0.605. The number of rotatable bonds is 2. The molecule has 2 aliphatic rings. The molecule has 1 heterocycles. The Bertz CT molecular complexity index is 615. The number of benzene rings is 1. The lowest BCUT2D eigenvalue weighted by Crippen LogP contribution is -2.42. The molecule has 0 aromatic heterocycles. The monoisotopic (exact) mass is 305 g/mol. The van der Waals surface area contributed by atoms with Crippen molar-refractivity contribution in [2.75, 3.05) is 21.3 Å². The van der Waals surface area contributed by atoms with E-state index < -0.39 is 18.1 Å². The number of carbonyl (C=O) groups excluding carboxylic acids is 2. The SMILES string of the molecule is COC(=O)[C@@H]1C[C@H]2Cc3cc(OC)ccc3[C@H]2N1C(=O)OC. The van der Waals surface area contributed by atoms with E-state index in [9.17, 15) is 9.59 Å². The fourth-order valence-electron chi connectivity index (χ4n) is 3.70. The van der Waals surface area contributed by atoms with Crippen LogP contribution in [0.5, 0.6) is 5.75 Å². The van der Waals surface area contributed by atoms with Gasteiger partial charge in [0.05, 0.1) is 27.4 Å². The van der Waals surface area contributed by atoms with Crippen LogP contribution in [0.3, 0.4) is 0 Å². The van der Waals surface area contributed by atoms with Gasteiger partial charge < -0.3 is 14.2 Å². The molecular weight excluding hydrogens is 286 g/mol. The highest BCUT2D eigenvalue weighted by Crippen LogP contribution is 2.50. The fraction of sp³-hybridized carbons (Fsp3) is 0.500. The molecule has 0 radical (unpaired) electrons. The maximum atomic E-state index is 12.2. The molecule has 1 aliphatic carbocycles. The standard InChI is InChI=1S/C16H19NO5/c1-20-11-4-5-12-9(7-11)6-10-8-13(15(18)21-2)17(14(10)12)16(19)22-3/h4-5,7,10,13-14H,6,8H2,1-3H3/t10-,13+,14+/m1/s1. The molecule has 3 atom stereocenters. The van der Waals surface area contributed by atoms with E-state index >= 15 is 0 Å². The quantitative estimate of drug-likeness (QED) is 0.781. The maximum absolute atomic E-state index is 12.2. The van der Waals surface area contributed by atoms with Gasteiger partial charge in [-0.1, -0.05) is 6.07 Å². The van der Waals surface area contributed by atoms with Gasteiger partial charge in [0, 0.05) is 0 Å². The zero-order valence-electron chi connectivity index (χ0n) is 12.9. The summed E-state index contributed by atoms with van der Waals surface area (Å²) in [6, 6.07) is 5.12. The Morgan fingerprint density at radius 1 is 1.18 bits per heavy atom. The van der Waals surface area contributed by atoms with E-state index in [-0.39, 0.29) is 12.0 Å². The first-order chi connectivity index (χ1) is 10.6. The van der Waals surface area contributed by atoms with Gasteiger partial charge in [0.2, 0.25) is 0 Å². The second kappa shape index (κ2) is 5.51. The molecule has 1 aliphatic heterocycles. The van der Waals surface area contributed by atoms with Crippen LogP contribution in [-0.4, -0.2) is 44.3 Å². The number of hydrogen-bond acceptors (Lipinski definition) is 5. The molecule has 6 nitrogen and oxygen atoms in total. The number of methoxy groups -OCH3 is 3. The molecular formula is C16H19NO5. The van der Waals surface area contributed by atoms with Crippen molar-refractivity contribution in [2.24, 2.45) is 5.92 Å². The van der Waals surface area contributed by atoms with Gasteiger partial charge in [-0.25, -0.2) is 9.59 Å². The average Bonchev–Trinajstić information content (AvgIpc) is 3.08. The molecule has 1 saturated heterocycles. The summed E-state index contributed by atoms with van der Waals surface area (Å²) in [5, 5.41) is 0. The molecule has 0 unspecified atom stereocenters. The number of amides is 1. The predicted octanol–water partition coefficient (Wildman–Crippen LogP) is 1.92. The molecule has 1 aromatic rings. The smallest absolute Gasteiger partial charge is 0.410 e. The lowest BCUT2D eigenvalue weighted by molar-refractivity contribution is -0.145. The van der Waals surface area contributed by atoms with E-state index in [0.29, 0.717) is 6.42 Å². The number of fused-ring (bicyclic) bond motifs is 3. The molecule has 1 amide bonds. The highest BCUT2D eigenvalue weighted by atomic mass is 16.5. The Morgan fingerprint density at radius 2 is 1.95 bits per heavy atom. The van der Waals surface area contributed by atoms with Crippen molar-refractivity contribution < 1.29 is 23.8 Å². The topological polar surface area (TPSA) is 65.1 Å². The van der Waals surface area contributed by atoms with Crippen molar-refractivity contribution in [1.82, 2.24) is 4.90 Å². The van der Waals surface area contributed by atoms with Gasteiger partial charge >= 0.3 is 12.1 Å². The second-order valence-electron chi connectivity index (χ2n) is 5.63. The van der Waals surface area contributed by atoms with Crippen molar-refractivity contribution in [3.05, 3.63) is 29.3 Å². The van der Waals surface area contributed by atoms with E-state index in [1.54, 1.807) is 7.11 Å². The normalized spacial score (nSPS) is 25.4. The summed E-state index contributed by atoms with van der Waals surface area (Å²) in [5.41, 5.74) is 2.22. The highest BCUT2D eigenvalue weighted by molar-refractivity contribution is 5.83. The fourth-order valence-corrected chi connectivity index (χ4v) is 3.70. The molecule has 0 spiro atoms. The second-order valence-corrected chi connectivity index (χ2v) is 5.63. The average molecular weight is 305 g/mol. The molecule has 118 valence electrons. The van der Waals surface area contributed by atoms with Gasteiger partial charge in [0.1, 0.15) is 11.8 Å². The molecule has 0 saturated carbocycles. The van der Waals surface area contributed by atoms with E-state index in [1.165, 1.54) is 19.1 Å². The Hall–Kier alpha value is -2.24. The summed E-state index contributed by atoms with van der Waals surface area (Å²) in [7, 11) is 4.30. The van der Waals surface area contributed by atoms with Crippen LogP contribution in [0.4, 0.5) is 4.79 Å². The van der Waals surface area contributed by atoms with Gasteiger partial charge in [0.15, 0.2) is 0 Å². The Morgan fingerprint density at radius 3 is 2.59 bits per heavy atom. The Labute approximate surface area is 128 Å². The number of nitrogens with zero attached hydrogens (tertiary/aromatic N) is 1. The van der Waals surface area contributed by atoms with Gasteiger partial charge in [-0.05, 0) is 42.0 Å². The molecule has 6 heteroatoms. The van der Waals surface area contributed by atoms with Crippen molar-refractivity contribution in [3.63, 3.8) is 0 Å². The minimum Gasteiger partial charge on any atom is -0.497 e. The molecule has 0 bridgehead atoms. The Kier molecular flexibility index (Phi) is 3.68. The third kappa shape index (κ3) is 2.10. The number of hydrogen-bond donors (Lipinski definition) is 0. The largest absolute Gasteiger partial charge is 0.497 e. The zero-order chi connectivity index (χ0) is 15.9. The van der Waals surface area contributed by atoms with Crippen LogP contribution < -0.4 is 4.74 Å². The van der Waals surface area contributed by atoms with E-state index in [1.807, 2.05) is 18.2 Å². The lowest BCUT2D eigenvalue weighted by Gasteiger charge is -2.27. The van der Waals surface area contributed by atoms with Gasteiger partial charge in [-0.15, -0.1) is 0 Å². The van der Waals surface area contributed by atoms with Crippen LogP contribution in [0.25, 0.3) is 0 Å². The van der Waals surface area contributed by atoms with Crippen LogP contribution >= 0.6 is 0 Å². The minimum atomic E-state index is -0.581. The summed E-state index contributed by atoms with van der Waals surface area (Å²) in [4.78, 5) is 25.7. The van der Waals surface area contributed by atoms with Gasteiger partial charge in [-0.3, -0.25) is 4.90 Å². The minimum absolute atomic E-state index is 0.141. The van der Waals surface area contributed by atoms with Crippen molar-refractivity contribution in [1.29, 1.82) is 0 Å². The third-order valence-corrected chi connectivity index (χ3v) is 4.62. The molecule has 0 N–H and O–H groups in total. The van der Waals surface area contributed by atoms with Crippen LogP contribution in [0.2, 0.25) is 0 Å². The van der Waals surface area contributed by atoms with E-state index in [4.69, 9.17) is 14.2 Å².